The van der Waals surface area contributed by atoms with Gasteiger partial charge in [-0.3, -0.25) is 0 Å². The average Bonchev–Trinajstić information content (AvgIpc) is 2.58. The lowest BCUT2D eigenvalue weighted by molar-refractivity contribution is 0.0580. The maximum atomic E-state index is 14.0. The van der Waals surface area contributed by atoms with Gasteiger partial charge in [0.05, 0.1) is 0 Å². The quantitative estimate of drug-likeness (QED) is 0.248. The van der Waals surface area contributed by atoms with Crippen LogP contribution in [0.5, 0.6) is 0 Å². The van der Waals surface area contributed by atoms with Crippen LogP contribution < -0.4 is 0 Å². The summed E-state index contributed by atoms with van der Waals surface area (Å²) >= 11 is 0. The topological polar surface area (TPSA) is 27.7 Å². The van der Waals surface area contributed by atoms with E-state index in [1.165, 1.54) is 0 Å². The fraction of sp³-hybridized carbons (Fsp3) is 0.625. The van der Waals surface area contributed by atoms with Gasteiger partial charge in [0, 0.05) is 25.9 Å². The van der Waals surface area contributed by atoms with Crippen molar-refractivity contribution in [3.05, 3.63) is 34.9 Å². The second-order valence-electron chi connectivity index (χ2n) is 5.36. The molecule has 8 heteroatoms. The molecule has 1 aromatic rings. The molecule has 0 saturated carbocycles. The van der Waals surface area contributed by atoms with Crippen molar-refractivity contribution in [1.82, 2.24) is 0 Å². The Morgan fingerprint density at radius 2 is 1.21 bits per heavy atom. The summed E-state index contributed by atoms with van der Waals surface area (Å²) in [7, 11) is -3.39. The predicted octanol–water partition coefficient (Wildman–Crippen LogP) is 4.54. The van der Waals surface area contributed by atoms with Crippen LogP contribution in [-0.4, -0.2) is 28.6 Å². The van der Waals surface area contributed by atoms with E-state index < -0.39 is 32.1 Å². The second kappa shape index (κ2) is 10.1. The maximum absolute atomic E-state index is 14.0. The van der Waals surface area contributed by atoms with Gasteiger partial charge in [0.15, 0.2) is 23.3 Å². The fourth-order valence-corrected chi connectivity index (χ4v) is 4.86. The third-order valence-corrected chi connectivity index (χ3v) is 5.91. The van der Waals surface area contributed by atoms with Gasteiger partial charge in [0.1, 0.15) is 0 Å². The van der Waals surface area contributed by atoms with Gasteiger partial charge in [0.2, 0.25) is 0 Å². The van der Waals surface area contributed by atoms with Crippen molar-refractivity contribution >= 4 is 8.80 Å². The zero-order valence-corrected chi connectivity index (χ0v) is 15.3. The van der Waals surface area contributed by atoms with Crippen LogP contribution in [0, 0.1) is 23.3 Å². The Morgan fingerprint density at radius 3 is 1.62 bits per heavy atom. The van der Waals surface area contributed by atoms with E-state index in [1.54, 1.807) is 0 Å². The molecule has 0 aromatic heterocycles. The van der Waals surface area contributed by atoms with Crippen molar-refractivity contribution in [2.45, 2.75) is 46.1 Å². The summed E-state index contributed by atoms with van der Waals surface area (Å²) in [5.41, 5.74) is -0.346. The molecule has 0 N–H and O–H groups in total. The van der Waals surface area contributed by atoms with E-state index in [4.69, 9.17) is 13.3 Å². The monoisotopic (exact) mass is 368 g/mol. The summed E-state index contributed by atoms with van der Waals surface area (Å²) in [5.74, 6) is -6.56. The summed E-state index contributed by atoms with van der Waals surface area (Å²) in [6.07, 6.45) is 2.02. The van der Waals surface area contributed by atoms with E-state index in [0.717, 1.165) is 0 Å². The molecule has 24 heavy (non-hydrogen) atoms. The Morgan fingerprint density at radius 1 is 0.750 bits per heavy atom. The van der Waals surface area contributed by atoms with Crippen LogP contribution in [0.3, 0.4) is 0 Å². The molecule has 0 radical (unpaired) electrons. The van der Waals surface area contributed by atoms with Crippen LogP contribution in [0.15, 0.2) is 6.07 Å². The number of rotatable bonds is 11. The zero-order valence-electron chi connectivity index (χ0n) is 14.3. The van der Waals surface area contributed by atoms with E-state index >= 15 is 0 Å². The number of benzene rings is 1. The molecule has 1 rings (SSSR count). The normalized spacial score (nSPS) is 12.0. The molecule has 3 nitrogen and oxygen atoms in total. The molecule has 0 aliphatic carbocycles. The smallest absolute Gasteiger partial charge is 0.373 e. The summed E-state index contributed by atoms with van der Waals surface area (Å²) in [6, 6.07) is 0.377. The molecule has 1 aromatic carbocycles. The molecule has 138 valence electrons. The van der Waals surface area contributed by atoms with E-state index in [9.17, 15) is 17.6 Å². The standard InChI is InChI=1S/C16H24F4O3Si/c1-4-7-21-24(22-8-5-2,23-9-6-3)11-12-10-13(17)15(19)16(20)14(12)18/h10H,4-9,11H2,1-3H3. The number of halogens is 4. The van der Waals surface area contributed by atoms with Crippen LogP contribution in [0.1, 0.15) is 45.6 Å². The van der Waals surface area contributed by atoms with Crippen molar-refractivity contribution in [3.63, 3.8) is 0 Å². The van der Waals surface area contributed by atoms with Gasteiger partial charge in [-0.05, 0) is 30.9 Å². The highest BCUT2D eigenvalue weighted by Crippen LogP contribution is 2.24. The first kappa shape index (κ1) is 21.1. The Hall–Kier alpha value is -0.963. The highest BCUT2D eigenvalue weighted by molar-refractivity contribution is 6.60. The predicted molar refractivity (Wildman–Crippen MR) is 84.5 cm³/mol. The van der Waals surface area contributed by atoms with Crippen LogP contribution in [0.25, 0.3) is 0 Å². The van der Waals surface area contributed by atoms with Crippen molar-refractivity contribution in [2.24, 2.45) is 0 Å². The molecular formula is C16H24F4O3Si. The van der Waals surface area contributed by atoms with Gasteiger partial charge < -0.3 is 13.3 Å². The highest BCUT2D eigenvalue weighted by Gasteiger charge is 2.42. The Kier molecular flexibility index (Phi) is 8.89. The van der Waals surface area contributed by atoms with Gasteiger partial charge in [-0.25, -0.2) is 17.6 Å². The van der Waals surface area contributed by atoms with Gasteiger partial charge in [-0.1, -0.05) is 20.8 Å². The summed E-state index contributed by atoms with van der Waals surface area (Å²) in [6.45, 7) is 6.60. The fourth-order valence-electron chi connectivity index (χ4n) is 2.03. The highest BCUT2D eigenvalue weighted by atomic mass is 28.4. The molecular weight excluding hydrogens is 344 g/mol. The van der Waals surface area contributed by atoms with E-state index in [-0.39, 0.29) is 11.6 Å². The summed E-state index contributed by atoms with van der Waals surface area (Å²) < 4.78 is 71.3. The van der Waals surface area contributed by atoms with E-state index in [1.807, 2.05) is 20.8 Å². The van der Waals surface area contributed by atoms with Crippen LogP contribution in [0.2, 0.25) is 0 Å². The summed E-state index contributed by atoms with van der Waals surface area (Å²) in [4.78, 5) is 0. The van der Waals surface area contributed by atoms with Crippen molar-refractivity contribution in [1.29, 1.82) is 0 Å². The van der Waals surface area contributed by atoms with Crippen LogP contribution in [0.4, 0.5) is 17.6 Å². The van der Waals surface area contributed by atoms with Crippen LogP contribution >= 0.6 is 0 Å². The minimum absolute atomic E-state index is 0.257. The molecule has 0 amide bonds. The molecule has 0 spiro atoms. The van der Waals surface area contributed by atoms with Gasteiger partial charge in [0.25, 0.3) is 0 Å². The van der Waals surface area contributed by atoms with Crippen LogP contribution in [-0.2, 0) is 19.3 Å². The molecule has 0 bridgehead atoms. The van der Waals surface area contributed by atoms with Crippen molar-refractivity contribution < 1.29 is 30.8 Å². The Bertz CT molecular complexity index is 507. The maximum Gasteiger partial charge on any atom is 0.505 e. The summed E-state index contributed by atoms with van der Waals surface area (Å²) in [5, 5.41) is 0. The second-order valence-corrected chi connectivity index (χ2v) is 7.95. The van der Waals surface area contributed by atoms with Gasteiger partial charge in [-0.2, -0.15) is 0 Å². The molecule has 0 atom stereocenters. The van der Waals surface area contributed by atoms with Gasteiger partial charge >= 0.3 is 8.80 Å². The van der Waals surface area contributed by atoms with Crippen molar-refractivity contribution in [2.75, 3.05) is 19.8 Å². The Labute approximate surface area is 141 Å². The molecule has 0 fully saturated rings. The lowest BCUT2D eigenvalue weighted by Gasteiger charge is -2.30. The van der Waals surface area contributed by atoms with Crippen molar-refractivity contribution in [3.8, 4) is 0 Å². The lowest BCUT2D eigenvalue weighted by Crippen LogP contribution is -2.49. The first-order valence-electron chi connectivity index (χ1n) is 8.14. The van der Waals surface area contributed by atoms with E-state index in [2.05, 4.69) is 0 Å². The Balaban J connectivity index is 3.17. The molecule has 0 heterocycles. The molecule has 0 aliphatic rings. The number of hydrogen-bond acceptors (Lipinski definition) is 3. The third kappa shape index (κ3) is 5.54. The number of hydrogen-bond donors (Lipinski definition) is 0. The third-order valence-electron chi connectivity index (χ3n) is 3.16. The first-order chi connectivity index (χ1) is 11.4. The largest absolute Gasteiger partial charge is 0.505 e. The molecule has 0 saturated heterocycles. The lowest BCUT2D eigenvalue weighted by atomic mass is 10.2. The van der Waals surface area contributed by atoms with E-state index in [0.29, 0.717) is 45.1 Å². The SMILES string of the molecule is CCCO[Si](Cc1cc(F)c(F)c(F)c1F)(OCCC)OCCC. The minimum Gasteiger partial charge on any atom is -0.373 e. The average molecular weight is 368 g/mol. The first-order valence-corrected chi connectivity index (χ1v) is 10.1. The van der Waals surface area contributed by atoms with Gasteiger partial charge in [-0.15, -0.1) is 0 Å². The molecule has 0 unspecified atom stereocenters. The minimum atomic E-state index is -3.39. The zero-order chi connectivity index (χ0) is 18.2. The molecule has 0 aliphatic heterocycles.